The van der Waals surface area contributed by atoms with Crippen LogP contribution in [0.1, 0.15) is 16.7 Å². The first-order chi connectivity index (χ1) is 13.3. The Morgan fingerprint density at radius 3 is 2.36 bits per heavy atom. The zero-order valence-corrected chi connectivity index (χ0v) is 17.2. The van der Waals surface area contributed by atoms with E-state index in [2.05, 4.69) is 23.0 Å². The lowest BCUT2D eigenvalue weighted by atomic mass is 10.1. The molecule has 2 N–H and O–H groups in total. The maximum atomic E-state index is 10.5. The number of fused-ring (bicyclic) bond motifs is 1. The fraction of sp³-hybridized carbons (Fsp3) is 0.200. The van der Waals surface area contributed by atoms with Gasteiger partial charge in [-0.1, -0.05) is 42.0 Å². The Kier molecular flexibility index (Phi) is 6.02. The van der Waals surface area contributed by atoms with Gasteiger partial charge in [-0.2, -0.15) is 8.42 Å². The van der Waals surface area contributed by atoms with Gasteiger partial charge in [-0.15, -0.1) is 11.8 Å². The Morgan fingerprint density at radius 1 is 1.14 bits per heavy atom. The van der Waals surface area contributed by atoms with E-state index in [1.165, 1.54) is 17.2 Å². The molecule has 0 aliphatic carbocycles. The highest BCUT2D eigenvalue weighted by Gasteiger charge is 2.21. The summed E-state index contributed by atoms with van der Waals surface area (Å²) in [6.07, 6.45) is 2.10. The van der Waals surface area contributed by atoms with Gasteiger partial charge >= 0.3 is 0 Å². The minimum absolute atomic E-state index is 0.0666. The van der Waals surface area contributed by atoms with Gasteiger partial charge in [0.15, 0.2) is 5.84 Å². The van der Waals surface area contributed by atoms with Gasteiger partial charge in [0.05, 0.1) is 15.6 Å². The van der Waals surface area contributed by atoms with Gasteiger partial charge in [0.2, 0.25) is 0 Å². The fourth-order valence-electron chi connectivity index (χ4n) is 2.75. The van der Waals surface area contributed by atoms with Gasteiger partial charge in [0.25, 0.3) is 10.1 Å². The molecule has 0 radical (unpaired) electrons. The van der Waals surface area contributed by atoms with Crippen LogP contribution in [0, 0.1) is 12.3 Å². The number of thioether (sulfide) groups is 1. The number of rotatable bonds is 2. The average molecular weight is 416 g/mol. The molecule has 4 rings (SSSR count). The maximum Gasteiger partial charge on any atom is 0.294 e. The predicted octanol–water partition coefficient (Wildman–Crippen LogP) is 3.58. The van der Waals surface area contributed by atoms with Crippen LogP contribution >= 0.6 is 11.8 Å². The van der Waals surface area contributed by atoms with Crippen molar-refractivity contribution in [3.63, 3.8) is 0 Å². The summed E-state index contributed by atoms with van der Waals surface area (Å²) in [5.74, 6) is 1.51. The first-order valence-corrected chi connectivity index (χ1v) is 11.0. The molecule has 1 saturated heterocycles. The Morgan fingerprint density at radius 2 is 1.79 bits per heavy atom. The summed E-state index contributed by atoms with van der Waals surface area (Å²) in [5.41, 5.74) is 3.88. The van der Waals surface area contributed by atoms with E-state index in [0.717, 1.165) is 34.7 Å². The molecule has 0 aromatic heterocycles. The average Bonchev–Trinajstić information content (AvgIpc) is 3.19. The Balaban J connectivity index is 0.000000178. The molecule has 6 nitrogen and oxygen atoms in total. The van der Waals surface area contributed by atoms with Gasteiger partial charge in [-0.05, 0) is 25.1 Å². The van der Waals surface area contributed by atoms with Gasteiger partial charge in [-0.25, -0.2) is 4.99 Å². The molecule has 8 heteroatoms. The minimum atomic E-state index is -4.02. The molecule has 0 bridgehead atoms. The van der Waals surface area contributed by atoms with Crippen molar-refractivity contribution in [3.8, 4) is 0 Å². The molecule has 0 amide bonds. The van der Waals surface area contributed by atoms with Crippen molar-refractivity contribution in [3.05, 3.63) is 76.3 Å². The predicted molar refractivity (Wildman–Crippen MR) is 114 cm³/mol. The quantitative estimate of drug-likeness (QED) is 0.731. The highest BCUT2D eigenvalue weighted by atomic mass is 32.2. The zero-order valence-electron chi connectivity index (χ0n) is 15.6. The lowest BCUT2D eigenvalue weighted by Crippen LogP contribution is -2.11. The van der Waals surface area contributed by atoms with Crippen LogP contribution in [0.4, 0.5) is 0 Å². The lowest BCUT2D eigenvalue weighted by Gasteiger charge is -2.10. The van der Waals surface area contributed by atoms with E-state index in [9.17, 15) is 8.42 Å². The Hall–Kier alpha value is -2.42. The summed E-state index contributed by atoms with van der Waals surface area (Å²) in [6, 6.07) is 13.9. The van der Waals surface area contributed by atoms with Crippen LogP contribution in [0.2, 0.25) is 0 Å². The molecule has 146 valence electrons. The zero-order chi connectivity index (χ0) is 20.3. The van der Waals surface area contributed by atoms with Crippen LogP contribution in [0.3, 0.4) is 0 Å². The Labute approximate surface area is 169 Å². The minimum Gasteiger partial charge on any atom is -0.369 e. The van der Waals surface area contributed by atoms with Crippen LogP contribution in [0.5, 0.6) is 0 Å². The Bertz CT molecular complexity index is 1060. The third-order valence-corrected chi connectivity index (χ3v) is 6.30. The molecular formula is C20H21N3O3S2. The van der Waals surface area contributed by atoms with Crippen molar-refractivity contribution < 1.29 is 13.0 Å². The number of benzene rings is 2. The summed E-state index contributed by atoms with van der Waals surface area (Å²) in [7, 11) is -1.92. The number of allylic oxidation sites excluding steroid dienone is 1. The number of amidine groups is 1. The maximum absolute atomic E-state index is 10.5. The molecule has 2 aliphatic rings. The van der Waals surface area contributed by atoms with E-state index in [4.69, 9.17) is 9.96 Å². The van der Waals surface area contributed by atoms with E-state index < -0.39 is 10.1 Å². The van der Waals surface area contributed by atoms with E-state index in [0.29, 0.717) is 5.84 Å². The van der Waals surface area contributed by atoms with E-state index in [-0.39, 0.29) is 4.90 Å². The number of aryl methyl sites for hydroxylation is 1. The van der Waals surface area contributed by atoms with E-state index >= 15 is 0 Å². The van der Waals surface area contributed by atoms with Crippen LogP contribution in [0.15, 0.2) is 69.5 Å². The molecule has 2 heterocycles. The third-order valence-electron chi connectivity index (χ3n) is 4.32. The molecule has 0 saturated carbocycles. The number of hydrogen-bond donors (Lipinski definition) is 2. The number of nitrogens with one attached hydrogen (secondary N) is 1. The number of aliphatic imine (C=N–C) groups is 1. The largest absolute Gasteiger partial charge is 0.369 e. The highest BCUT2D eigenvalue weighted by Crippen LogP contribution is 2.28. The summed E-state index contributed by atoms with van der Waals surface area (Å²) in [6.45, 7) is 2.93. The number of hydrogen-bond acceptors (Lipinski definition) is 5. The van der Waals surface area contributed by atoms with Crippen molar-refractivity contribution >= 4 is 33.4 Å². The van der Waals surface area contributed by atoms with Crippen molar-refractivity contribution in [2.45, 2.75) is 11.8 Å². The van der Waals surface area contributed by atoms with Crippen LogP contribution in [0.25, 0.3) is 0 Å². The van der Waals surface area contributed by atoms with Gasteiger partial charge in [0, 0.05) is 30.5 Å². The molecule has 2 aliphatic heterocycles. The molecule has 1 fully saturated rings. The lowest BCUT2D eigenvalue weighted by molar-refractivity contribution is 0.483. The summed E-state index contributed by atoms with van der Waals surface area (Å²) in [4.78, 5) is 6.51. The standard InChI is InChI=1S/C13H13N3S.C7H8O3S/c1-16-6-7-17-12(16)8-11-9-4-2-3-5-10(9)13(14)15-11;1-6-2-4-7(5-3-6)11(8,9)10/h2-5,8,14H,6-7H2,1H3;2-5H,1H3,(H,8,9,10)/b12-8+,14-13?;. The molecule has 28 heavy (non-hydrogen) atoms. The summed E-state index contributed by atoms with van der Waals surface area (Å²) >= 11 is 1.85. The summed E-state index contributed by atoms with van der Waals surface area (Å²) in [5, 5.41) is 9.09. The molecule has 0 unspecified atom stereocenters. The summed E-state index contributed by atoms with van der Waals surface area (Å²) < 4.78 is 29.6. The van der Waals surface area contributed by atoms with Gasteiger partial charge in [0.1, 0.15) is 0 Å². The molecule has 0 spiro atoms. The molecule has 0 atom stereocenters. The van der Waals surface area contributed by atoms with E-state index in [1.807, 2.05) is 43.0 Å². The second-order valence-corrected chi connectivity index (χ2v) is 8.97. The van der Waals surface area contributed by atoms with Crippen LogP contribution in [-0.2, 0) is 10.1 Å². The fourth-order valence-corrected chi connectivity index (χ4v) is 4.31. The van der Waals surface area contributed by atoms with E-state index in [1.54, 1.807) is 12.1 Å². The van der Waals surface area contributed by atoms with Crippen LogP contribution < -0.4 is 0 Å². The monoisotopic (exact) mass is 415 g/mol. The van der Waals surface area contributed by atoms with Crippen molar-refractivity contribution in [2.24, 2.45) is 4.99 Å². The number of nitrogens with zero attached hydrogens (tertiary/aromatic N) is 2. The first kappa shape index (κ1) is 20.3. The van der Waals surface area contributed by atoms with Crippen molar-refractivity contribution in [1.29, 1.82) is 5.41 Å². The second kappa shape index (κ2) is 8.30. The third kappa shape index (κ3) is 4.70. The molecule has 2 aromatic carbocycles. The van der Waals surface area contributed by atoms with Crippen molar-refractivity contribution in [2.75, 3.05) is 19.3 Å². The van der Waals surface area contributed by atoms with Gasteiger partial charge in [-0.3, -0.25) is 9.96 Å². The molecular weight excluding hydrogens is 394 g/mol. The van der Waals surface area contributed by atoms with Crippen molar-refractivity contribution in [1.82, 2.24) is 4.90 Å². The van der Waals surface area contributed by atoms with Crippen LogP contribution in [-0.4, -0.2) is 48.8 Å². The van der Waals surface area contributed by atoms with Gasteiger partial charge < -0.3 is 4.90 Å². The first-order valence-electron chi connectivity index (χ1n) is 8.62. The highest BCUT2D eigenvalue weighted by molar-refractivity contribution is 8.03. The SMILES string of the molecule is CN1CCS/C1=C/C1=NC(=N)c2ccccc21.Cc1ccc(S(=O)(=O)O)cc1. The smallest absolute Gasteiger partial charge is 0.294 e. The second-order valence-electron chi connectivity index (χ2n) is 6.43. The molecule has 2 aromatic rings. The normalized spacial score (nSPS) is 17.2. The topological polar surface area (TPSA) is 93.8 Å².